The average Bonchev–Trinajstić information content (AvgIpc) is 3.35. The van der Waals surface area contributed by atoms with Gasteiger partial charge in [0.2, 0.25) is 11.8 Å². The molecule has 0 aliphatic rings. The minimum Gasteiger partial charge on any atom is -0.497 e. The lowest BCUT2D eigenvalue weighted by atomic mass is 10.1. The number of rotatable bonds is 9. The predicted octanol–water partition coefficient (Wildman–Crippen LogP) is 2.63. The number of methoxy groups -OCH3 is 2. The smallest absolute Gasteiger partial charge is 0.240 e. The highest BCUT2D eigenvalue weighted by Gasteiger charge is 2.15. The molecule has 0 atom stereocenters. The van der Waals surface area contributed by atoms with Gasteiger partial charge in [-0.2, -0.15) is 0 Å². The van der Waals surface area contributed by atoms with E-state index in [0.717, 1.165) is 5.56 Å². The lowest BCUT2D eigenvalue weighted by Gasteiger charge is -2.14. The maximum absolute atomic E-state index is 12.3. The second kappa shape index (κ2) is 10.0. The van der Waals surface area contributed by atoms with Crippen molar-refractivity contribution in [3.63, 3.8) is 0 Å². The molecule has 2 aromatic heterocycles. The first kappa shape index (κ1) is 22.2. The Morgan fingerprint density at radius 2 is 1.87 bits per heavy atom. The lowest BCUT2D eigenvalue weighted by molar-refractivity contribution is -0.119. The third kappa shape index (κ3) is 6.03. The Morgan fingerprint density at radius 3 is 2.52 bits per heavy atom. The number of carbonyl (C=O) groups is 2. The van der Waals surface area contributed by atoms with Gasteiger partial charge in [-0.15, -0.1) is 11.3 Å². The number of aromatic nitrogens is 2. The van der Waals surface area contributed by atoms with E-state index in [2.05, 4.69) is 20.8 Å². The minimum atomic E-state index is -0.299. The molecule has 2 N–H and O–H groups in total. The molecule has 3 rings (SSSR count). The number of hydrogen-bond donors (Lipinski definition) is 2. The SMILES string of the molecule is COc1ccc(-c2csc(NC(=O)CN(C)CC(=O)Nc3cc(C)on3)n2)c(OC)c1. The number of aryl methyl sites for hydroxylation is 1. The summed E-state index contributed by atoms with van der Waals surface area (Å²) < 4.78 is 15.5. The van der Waals surface area contributed by atoms with Gasteiger partial charge in [0, 0.05) is 23.1 Å². The van der Waals surface area contributed by atoms with Gasteiger partial charge < -0.3 is 24.6 Å². The first-order valence-electron chi connectivity index (χ1n) is 9.27. The highest BCUT2D eigenvalue weighted by molar-refractivity contribution is 7.14. The summed E-state index contributed by atoms with van der Waals surface area (Å²) in [5.74, 6) is 1.65. The fraction of sp³-hybridized carbons (Fsp3) is 0.300. The van der Waals surface area contributed by atoms with E-state index in [9.17, 15) is 9.59 Å². The summed E-state index contributed by atoms with van der Waals surface area (Å²) in [6.07, 6.45) is 0. The molecule has 10 nitrogen and oxygen atoms in total. The van der Waals surface area contributed by atoms with Crippen molar-refractivity contribution in [1.29, 1.82) is 0 Å². The molecule has 1 aromatic carbocycles. The molecular formula is C20H23N5O5S. The van der Waals surface area contributed by atoms with Crippen molar-refractivity contribution >= 4 is 34.1 Å². The quantitative estimate of drug-likeness (QED) is 0.516. The van der Waals surface area contributed by atoms with Crippen LogP contribution in [0.3, 0.4) is 0 Å². The monoisotopic (exact) mass is 445 g/mol. The van der Waals surface area contributed by atoms with E-state index in [4.69, 9.17) is 14.0 Å². The van der Waals surface area contributed by atoms with Crippen LogP contribution in [0.15, 0.2) is 34.2 Å². The van der Waals surface area contributed by atoms with Crippen LogP contribution in [0, 0.1) is 6.92 Å². The molecule has 0 radical (unpaired) electrons. The van der Waals surface area contributed by atoms with Gasteiger partial charge in [-0.3, -0.25) is 14.5 Å². The molecule has 3 aromatic rings. The van der Waals surface area contributed by atoms with Crippen LogP contribution in [0.2, 0.25) is 0 Å². The Balaban J connectivity index is 1.54. The molecule has 0 bridgehead atoms. The molecule has 31 heavy (non-hydrogen) atoms. The van der Waals surface area contributed by atoms with E-state index in [1.807, 2.05) is 17.5 Å². The molecular weight excluding hydrogens is 422 g/mol. The normalized spacial score (nSPS) is 10.7. The van der Waals surface area contributed by atoms with Crippen molar-refractivity contribution in [2.24, 2.45) is 0 Å². The number of benzene rings is 1. The van der Waals surface area contributed by atoms with Gasteiger partial charge in [0.25, 0.3) is 0 Å². The maximum atomic E-state index is 12.3. The molecule has 2 heterocycles. The first-order valence-corrected chi connectivity index (χ1v) is 10.2. The Hall–Kier alpha value is -3.44. The molecule has 11 heteroatoms. The zero-order valence-corrected chi connectivity index (χ0v) is 18.4. The van der Waals surface area contributed by atoms with Crippen LogP contribution in [0.25, 0.3) is 11.3 Å². The Labute approximate surface area is 183 Å². The van der Waals surface area contributed by atoms with Crippen molar-refractivity contribution in [2.75, 3.05) is 45.0 Å². The summed E-state index contributed by atoms with van der Waals surface area (Å²) >= 11 is 1.30. The average molecular weight is 446 g/mol. The molecule has 0 unspecified atom stereocenters. The van der Waals surface area contributed by atoms with Gasteiger partial charge in [-0.25, -0.2) is 4.98 Å². The summed E-state index contributed by atoms with van der Waals surface area (Å²) in [4.78, 5) is 30.4. The standard InChI is InChI=1S/C20H23N5O5S/c1-12-7-17(24-30-12)22-18(26)9-25(2)10-19(27)23-20-21-15(11-31-20)14-6-5-13(28-3)8-16(14)29-4/h5-8,11H,9-10H2,1-4H3,(H,21,23,27)(H,22,24,26). The number of hydrogen-bond acceptors (Lipinski definition) is 9. The van der Waals surface area contributed by atoms with E-state index in [1.54, 1.807) is 45.2 Å². The highest BCUT2D eigenvalue weighted by atomic mass is 32.1. The van der Waals surface area contributed by atoms with Crippen LogP contribution in [0.4, 0.5) is 10.9 Å². The highest BCUT2D eigenvalue weighted by Crippen LogP contribution is 2.34. The van der Waals surface area contributed by atoms with Crippen molar-refractivity contribution < 1.29 is 23.6 Å². The number of nitrogens with one attached hydrogen (secondary N) is 2. The third-order valence-corrected chi connectivity index (χ3v) is 4.92. The third-order valence-electron chi connectivity index (χ3n) is 4.16. The van der Waals surface area contributed by atoms with Gasteiger partial charge in [-0.05, 0) is 26.1 Å². The van der Waals surface area contributed by atoms with Gasteiger partial charge in [0.05, 0.1) is 33.0 Å². The van der Waals surface area contributed by atoms with Crippen LogP contribution < -0.4 is 20.1 Å². The molecule has 0 saturated heterocycles. The fourth-order valence-corrected chi connectivity index (χ4v) is 3.50. The second-order valence-corrected chi connectivity index (χ2v) is 7.55. The van der Waals surface area contributed by atoms with Gasteiger partial charge in [0.1, 0.15) is 17.3 Å². The van der Waals surface area contributed by atoms with Crippen LogP contribution in [0.5, 0.6) is 11.5 Å². The summed E-state index contributed by atoms with van der Waals surface area (Å²) in [5, 5.41) is 11.3. The Kier molecular flexibility index (Phi) is 7.21. The van der Waals surface area contributed by atoms with E-state index in [0.29, 0.717) is 33.9 Å². The Bertz CT molecular complexity index is 1060. The second-order valence-electron chi connectivity index (χ2n) is 6.70. The number of anilines is 2. The number of carbonyl (C=O) groups excluding carboxylic acids is 2. The number of amides is 2. The Morgan fingerprint density at radius 1 is 1.13 bits per heavy atom. The van der Waals surface area contributed by atoms with Crippen LogP contribution in [-0.4, -0.2) is 61.2 Å². The number of likely N-dealkylation sites (N-methyl/N-ethyl adjacent to an activating group) is 1. The van der Waals surface area contributed by atoms with Crippen LogP contribution in [-0.2, 0) is 9.59 Å². The van der Waals surface area contributed by atoms with Crippen molar-refractivity contribution in [3.8, 4) is 22.8 Å². The van der Waals surface area contributed by atoms with Gasteiger partial charge >= 0.3 is 0 Å². The van der Waals surface area contributed by atoms with Crippen molar-refractivity contribution in [1.82, 2.24) is 15.0 Å². The molecule has 0 saturated carbocycles. The summed E-state index contributed by atoms with van der Waals surface area (Å²) in [5.41, 5.74) is 1.47. The molecule has 0 aliphatic carbocycles. The van der Waals surface area contributed by atoms with Gasteiger partial charge in [0.15, 0.2) is 10.9 Å². The molecule has 2 amide bonds. The maximum Gasteiger partial charge on any atom is 0.240 e. The minimum absolute atomic E-state index is 0.0193. The topological polar surface area (TPSA) is 119 Å². The number of ether oxygens (including phenoxy) is 2. The van der Waals surface area contributed by atoms with E-state index in [-0.39, 0.29) is 24.9 Å². The van der Waals surface area contributed by atoms with Crippen molar-refractivity contribution in [2.45, 2.75) is 6.92 Å². The number of nitrogens with zero attached hydrogens (tertiary/aromatic N) is 3. The first-order chi connectivity index (χ1) is 14.9. The molecule has 0 spiro atoms. The predicted molar refractivity (Wildman–Crippen MR) is 117 cm³/mol. The van der Waals surface area contributed by atoms with Crippen LogP contribution >= 0.6 is 11.3 Å². The summed E-state index contributed by atoms with van der Waals surface area (Å²) in [7, 11) is 4.83. The lowest BCUT2D eigenvalue weighted by Crippen LogP contribution is -2.36. The van der Waals surface area contributed by atoms with Crippen LogP contribution in [0.1, 0.15) is 5.76 Å². The number of thiazole rings is 1. The zero-order valence-electron chi connectivity index (χ0n) is 17.6. The molecule has 0 fully saturated rings. The van der Waals surface area contributed by atoms with E-state index < -0.39 is 0 Å². The molecule has 164 valence electrons. The fourth-order valence-electron chi connectivity index (χ4n) is 2.78. The van der Waals surface area contributed by atoms with Gasteiger partial charge in [-0.1, -0.05) is 5.16 Å². The zero-order chi connectivity index (χ0) is 22.4. The van der Waals surface area contributed by atoms with E-state index >= 15 is 0 Å². The molecule has 0 aliphatic heterocycles. The van der Waals surface area contributed by atoms with Crippen molar-refractivity contribution in [3.05, 3.63) is 35.4 Å². The summed E-state index contributed by atoms with van der Waals surface area (Å²) in [6.45, 7) is 1.77. The summed E-state index contributed by atoms with van der Waals surface area (Å²) in [6, 6.07) is 7.05. The van der Waals surface area contributed by atoms with E-state index in [1.165, 1.54) is 11.3 Å². The largest absolute Gasteiger partial charge is 0.497 e.